The molecule has 0 fully saturated rings. The molecule has 2 rings (SSSR count). The zero-order chi connectivity index (χ0) is 13.0. The Balaban J connectivity index is 1.89. The monoisotopic (exact) mass is 259 g/mol. The van der Waals surface area contributed by atoms with Crippen LogP contribution in [-0.4, -0.2) is 6.54 Å². The minimum Gasteiger partial charge on any atom is -0.310 e. The first kappa shape index (κ1) is 13.3. The van der Waals surface area contributed by atoms with Crippen molar-refractivity contribution in [2.24, 2.45) is 0 Å². The molecule has 1 aromatic heterocycles. The van der Waals surface area contributed by atoms with E-state index in [2.05, 4.69) is 61.8 Å². The van der Waals surface area contributed by atoms with Crippen LogP contribution in [0.4, 0.5) is 0 Å². The summed E-state index contributed by atoms with van der Waals surface area (Å²) in [5.74, 6) is 0. The Morgan fingerprint density at radius 1 is 1.22 bits per heavy atom. The standard InChI is InChI=1S/C16H21NS/c1-12-6-7-16(13(2)11-12)14(3)17-9-8-15-5-4-10-18-15/h4-7,10-11,14,17H,8-9H2,1-3H3. The van der Waals surface area contributed by atoms with Gasteiger partial charge >= 0.3 is 0 Å². The molecule has 1 unspecified atom stereocenters. The van der Waals surface area contributed by atoms with Crippen molar-refractivity contribution in [2.75, 3.05) is 6.54 Å². The van der Waals surface area contributed by atoms with E-state index in [-0.39, 0.29) is 0 Å². The molecule has 1 atom stereocenters. The van der Waals surface area contributed by atoms with Gasteiger partial charge in [0.2, 0.25) is 0 Å². The van der Waals surface area contributed by atoms with Crippen molar-refractivity contribution in [3.05, 3.63) is 57.3 Å². The maximum Gasteiger partial charge on any atom is 0.0294 e. The predicted octanol–water partition coefficient (Wildman–Crippen LogP) is 4.26. The highest BCUT2D eigenvalue weighted by Crippen LogP contribution is 2.18. The number of nitrogens with one attached hydrogen (secondary N) is 1. The Morgan fingerprint density at radius 3 is 2.72 bits per heavy atom. The van der Waals surface area contributed by atoms with Crippen molar-refractivity contribution in [1.29, 1.82) is 0 Å². The Labute approximate surface area is 114 Å². The van der Waals surface area contributed by atoms with Crippen LogP contribution < -0.4 is 5.32 Å². The number of rotatable bonds is 5. The van der Waals surface area contributed by atoms with Crippen LogP contribution in [0.1, 0.15) is 34.5 Å². The lowest BCUT2D eigenvalue weighted by molar-refractivity contribution is 0.576. The van der Waals surface area contributed by atoms with Gasteiger partial charge in [-0.3, -0.25) is 0 Å². The number of aryl methyl sites for hydroxylation is 2. The average Bonchev–Trinajstić information content (AvgIpc) is 2.81. The highest BCUT2D eigenvalue weighted by Gasteiger charge is 2.07. The summed E-state index contributed by atoms with van der Waals surface area (Å²) in [7, 11) is 0. The molecule has 0 amide bonds. The highest BCUT2D eigenvalue weighted by atomic mass is 32.1. The zero-order valence-electron chi connectivity index (χ0n) is 11.4. The molecular formula is C16H21NS. The fourth-order valence-corrected chi connectivity index (χ4v) is 3.00. The summed E-state index contributed by atoms with van der Waals surface area (Å²) in [5, 5.41) is 5.75. The molecule has 2 aromatic rings. The predicted molar refractivity (Wildman–Crippen MR) is 80.4 cm³/mol. The summed E-state index contributed by atoms with van der Waals surface area (Å²) >= 11 is 1.84. The van der Waals surface area contributed by atoms with Crippen LogP contribution in [0, 0.1) is 13.8 Å². The van der Waals surface area contributed by atoms with Gasteiger partial charge in [-0.15, -0.1) is 11.3 Å². The third-order valence-electron chi connectivity index (χ3n) is 3.29. The summed E-state index contributed by atoms with van der Waals surface area (Å²) in [6, 6.07) is 11.4. The molecule has 1 aromatic carbocycles. The molecule has 0 radical (unpaired) electrons. The molecule has 18 heavy (non-hydrogen) atoms. The highest BCUT2D eigenvalue weighted by molar-refractivity contribution is 7.09. The molecule has 1 nitrogen and oxygen atoms in total. The van der Waals surface area contributed by atoms with Crippen LogP contribution in [0.15, 0.2) is 35.7 Å². The van der Waals surface area contributed by atoms with Crippen molar-refractivity contribution in [2.45, 2.75) is 33.2 Å². The maximum atomic E-state index is 3.60. The lowest BCUT2D eigenvalue weighted by atomic mass is 10.0. The van der Waals surface area contributed by atoms with Crippen molar-refractivity contribution in [1.82, 2.24) is 5.32 Å². The van der Waals surface area contributed by atoms with Gasteiger partial charge in [-0.25, -0.2) is 0 Å². The minimum absolute atomic E-state index is 0.422. The summed E-state index contributed by atoms with van der Waals surface area (Å²) in [6.45, 7) is 7.62. The van der Waals surface area contributed by atoms with Crippen molar-refractivity contribution >= 4 is 11.3 Å². The Bertz CT molecular complexity index is 488. The first-order chi connectivity index (χ1) is 8.66. The van der Waals surface area contributed by atoms with Crippen molar-refractivity contribution in [3.8, 4) is 0 Å². The second-order valence-electron chi connectivity index (χ2n) is 4.87. The quantitative estimate of drug-likeness (QED) is 0.846. The number of benzene rings is 1. The molecule has 0 aliphatic heterocycles. The molecule has 0 bridgehead atoms. The van der Waals surface area contributed by atoms with E-state index in [1.54, 1.807) is 0 Å². The van der Waals surface area contributed by atoms with Gasteiger partial charge in [-0.2, -0.15) is 0 Å². The van der Waals surface area contributed by atoms with Crippen LogP contribution in [0.2, 0.25) is 0 Å². The molecule has 0 saturated heterocycles. The molecule has 1 heterocycles. The Kier molecular flexibility index (Phi) is 4.56. The van der Waals surface area contributed by atoms with Gasteiger partial charge in [0, 0.05) is 17.5 Å². The summed E-state index contributed by atoms with van der Waals surface area (Å²) < 4.78 is 0. The SMILES string of the molecule is Cc1ccc(C(C)NCCc2cccs2)c(C)c1. The molecule has 2 heteroatoms. The average molecular weight is 259 g/mol. The van der Waals surface area contributed by atoms with Crippen molar-refractivity contribution in [3.63, 3.8) is 0 Å². The third kappa shape index (κ3) is 3.44. The Hall–Kier alpha value is -1.12. The number of thiophene rings is 1. The number of hydrogen-bond acceptors (Lipinski definition) is 2. The first-order valence-corrected chi connectivity index (χ1v) is 7.37. The van der Waals surface area contributed by atoms with E-state index in [0.717, 1.165) is 13.0 Å². The largest absolute Gasteiger partial charge is 0.310 e. The normalized spacial score (nSPS) is 12.6. The van der Waals surface area contributed by atoms with E-state index in [9.17, 15) is 0 Å². The molecule has 0 spiro atoms. The van der Waals surface area contributed by atoms with E-state index in [0.29, 0.717) is 6.04 Å². The second kappa shape index (κ2) is 6.17. The van der Waals surface area contributed by atoms with Gasteiger partial charge in [0.05, 0.1) is 0 Å². The summed E-state index contributed by atoms with van der Waals surface area (Å²) in [5.41, 5.74) is 4.12. The van der Waals surface area contributed by atoms with Gasteiger partial charge in [0.15, 0.2) is 0 Å². The van der Waals surface area contributed by atoms with Gasteiger partial charge < -0.3 is 5.32 Å². The number of hydrogen-bond donors (Lipinski definition) is 1. The van der Waals surface area contributed by atoms with E-state index in [1.807, 2.05) is 11.3 Å². The van der Waals surface area contributed by atoms with Crippen LogP contribution in [0.5, 0.6) is 0 Å². The first-order valence-electron chi connectivity index (χ1n) is 6.50. The van der Waals surface area contributed by atoms with Gasteiger partial charge in [-0.1, -0.05) is 29.8 Å². The van der Waals surface area contributed by atoms with Crippen LogP contribution >= 0.6 is 11.3 Å². The summed E-state index contributed by atoms with van der Waals surface area (Å²) in [4.78, 5) is 1.45. The smallest absolute Gasteiger partial charge is 0.0294 e. The molecule has 0 aliphatic rings. The lowest BCUT2D eigenvalue weighted by Gasteiger charge is -2.16. The molecule has 96 valence electrons. The van der Waals surface area contributed by atoms with Crippen LogP contribution in [0.3, 0.4) is 0 Å². The van der Waals surface area contributed by atoms with Crippen LogP contribution in [-0.2, 0) is 6.42 Å². The van der Waals surface area contributed by atoms with E-state index < -0.39 is 0 Å². The lowest BCUT2D eigenvalue weighted by Crippen LogP contribution is -2.21. The fraction of sp³-hybridized carbons (Fsp3) is 0.375. The summed E-state index contributed by atoms with van der Waals surface area (Å²) in [6.07, 6.45) is 1.12. The van der Waals surface area contributed by atoms with Gasteiger partial charge in [-0.05, 0) is 49.8 Å². The Morgan fingerprint density at radius 2 is 2.06 bits per heavy atom. The zero-order valence-corrected chi connectivity index (χ0v) is 12.2. The van der Waals surface area contributed by atoms with Gasteiger partial charge in [0.25, 0.3) is 0 Å². The van der Waals surface area contributed by atoms with E-state index in [4.69, 9.17) is 0 Å². The molecule has 0 aliphatic carbocycles. The third-order valence-corrected chi connectivity index (χ3v) is 4.23. The van der Waals surface area contributed by atoms with E-state index >= 15 is 0 Å². The molecule has 0 saturated carbocycles. The second-order valence-corrected chi connectivity index (χ2v) is 5.90. The van der Waals surface area contributed by atoms with Crippen LogP contribution in [0.25, 0.3) is 0 Å². The van der Waals surface area contributed by atoms with Crippen molar-refractivity contribution < 1.29 is 0 Å². The van der Waals surface area contributed by atoms with Gasteiger partial charge in [0.1, 0.15) is 0 Å². The van der Waals surface area contributed by atoms with E-state index in [1.165, 1.54) is 21.6 Å². The topological polar surface area (TPSA) is 12.0 Å². The molecule has 1 N–H and O–H groups in total. The minimum atomic E-state index is 0.422. The maximum absolute atomic E-state index is 3.60. The fourth-order valence-electron chi connectivity index (χ4n) is 2.29. The molecular weight excluding hydrogens is 238 g/mol.